The highest BCUT2D eigenvalue weighted by atomic mass is 19.2. The van der Waals surface area contributed by atoms with Gasteiger partial charge in [-0.3, -0.25) is 4.79 Å². The number of aliphatic hydroxyl groups is 1. The third kappa shape index (κ3) is 2.44. The predicted octanol–water partition coefficient (Wildman–Crippen LogP) is 1.61. The van der Waals surface area contributed by atoms with Crippen LogP contribution < -0.4 is 5.32 Å². The molecular formula is C12H13F2NO2. The summed E-state index contributed by atoms with van der Waals surface area (Å²) in [4.78, 5) is 11.6. The van der Waals surface area contributed by atoms with Gasteiger partial charge in [0.25, 0.3) is 5.91 Å². The lowest BCUT2D eigenvalue weighted by Gasteiger charge is -2.36. The molecule has 1 amide bonds. The molecule has 0 radical (unpaired) electrons. The van der Waals surface area contributed by atoms with Crippen LogP contribution in [0.1, 0.15) is 29.6 Å². The summed E-state index contributed by atoms with van der Waals surface area (Å²) in [5.74, 6) is -2.92. The molecule has 0 unspecified atom stereocenters. The van der Waals surface area contributed by atoms with Gasteiger partial charge in [-0.15, -0.1) is 0 Å². The maximum atomic E-state index is 13.3. The van der Waals surface area contributed by atoms with Gasteiger partial charge < -0.3 is 10.4 Å². The molecule has 17 heavy (non-hydrogen) atoms. The van der Waals surface area contributed by atoms with Crippen molar-refractivity contribution in [2.75, 3.05) is 6.54 Å². The summed E-state index contributed by atoms with van der Waals surface area (Å²) < 4.78 is 26.2. The molecule has 0 atom stereocenters. The average Bonchev–Trinajstić information content (AvgIpc) is 2.27. The van der Waals surface area contributed by atoms with E-state index in [0.29, 0.717) is 12.8 Å². The summed E-state index contributed by atoms with van der Waals surface area (Å²) in [6, 6.07) is 3.43. The van der Waals surface area contributed by atoms with E-state index in [9.17, 15) is 18.7 Å². The number of carbonyl (C=O) groups is 1. The van der Waals surface area contributed by atoms with E-state index in [2.05, 4.69) is 5.32 Å². The van der Waals surface area contributed by atoms with Gasteiger partial charge in [-0.2, -0.15) is 0 Å². The molecule has 2 N–H and O–H groups in total. The molecule has 1 aromatic rings. The zero-order chi connectivity index (χ0) is 12.5. The van der Waals surface area contributed by atoms with Crippen LogP contribution in [0.25, 0.3) is 0 Å². The smallest absolute Gasteiger partial charge is 0.254 e. The lowest BCUT2D eigenvalue weighted by Crippen LogP contribution is -2.47. The summed E-state index contributed by atoms with van der Waals surface area (Å²) in [5, 5.41) is 12.2. The van der Waals surface area contributed by atoms with E-state index in [1.807, 2.05) is 0 Å². The largest absolute Gasteiger partial charge is 0.388 e. The Morgan fingerprint density at radius 3 is 2.71 bits per heavy atom. The molecule has 1 aliphatic carbocycles. The molecule has 2 rings (SSSR count). The van der Waals surface area contributed by atoms with Crippen LogP contribution in [0.3, 0.4) is 0 Å². The van der Waals surface area contributed by atoms with E-state index in [0.717, 1.165) is 12.5 Å². The number of benzene rings is 1. The van der Waals surface area contributed by atoms with Crippen LogP contribution in [-0.4, -0.2) is 23.2 Å². The number of rotatable bonds is 3. The van der Waals surface area contributed by atoms with Crippen LogP contribution in [0, 0.1) is 11.6 Å². The summed E-state index contributed by atoms with van der Waals surface area (Å²) >= 11 is 0. The molecule has 0 heterocycles. The van der Waals surface area contributed by atoms with Crippen LogP contribution in [0.2, 0.25) is 0 Å². The summed E-state index contributed by atoms with van der Waals surface area (Å²) in [6.45, 7) is 0.0712. The van der Waals surface area contributed by atoms with Gasteiger partial charge in [-0.05, 0) is 31.4 Å². The second-order valence-corrected chi connectivity index (χ2v) is 4.36. The highest BCUT2D eigenvalue weighted by molar-refractivity contribution is 5.94. The first-order valence-corrected chi connectivity index (χ1v) is 5.46. The van der Waals surface area contributed by atoms with Crippen molar-refractivity contribution >= 4 is 5.91 Å². The van der Waals surface area contributed by atoms with Crippen LogP contribution >= 0.6 is 0 Å². The Morgan fingerprint density at radius 2 is 2.12 bits per heavy atom. The van der Waals surface area contributed by atoms with Crippen molar-refractivity contribution in [3.8, 4) is 0 Å². The molecule has 92 valence electrons. The summed E-state index contributed by atoms with van der Waals surface area (Å²) in [6.07, 6.45) is 2.17. The standard InChI is InChI=1S/C12H13F2NO2/c13-9-4-1-3-8(10(9)14)11(16)15-7-12(17)5-2-6-12/h1,3-4,17H,2,5-7H2,(H,15,16). The number of halogens is 2. The monoisotopic (exact) mass is 241 g/mol. The van der Waals surface area contributed by atoms with Crippen LogP contribution in [0.5, 0.6) is 0 Å². The SMILES string of the molecule is O=C(NCC1(O)CCC1)c1cccc(F)c1F. The van der Waals surface area contributed by atoms with Gasteiger partial charge in [0, 0.05) is 6.54 Å². The number of nitrogens with one attached hydrogen (secondary N) is 1. The van der Waals surface area contributed by atoms with E-state index < -0.39 is 23.1 Å². The van der Waals surface area contributed by atoms with E-state index in [-0.39, 0.29) is 12.1 Å². The van der Waals surface area contributed by atoms with Gasteiger partial charge in [-0.25, -0.2) is 8.78 Å². The minimum Gasteiger partial charge on any atom is -0.388 e. The third-order valence-electron chi connectivity index (χ3n) is 3.06. The van der Waals surface area contributed by atoms with Crippen molar-refractivity contribution in [2.45, 2.75) is 24.9 Å². The van der Waals surface area contributed by atoms with Gasteiger partial charge in [0.15, 0.2) is 11.6 Å². The van der Waals surface area contributed by atoms with Crippen molar-refractivity contribution in [3.05, 3.63) is 35.4 Å². The molecule has 1 aliphatic rings. The molecular weight excluding hydrogens is 228 g/mol. The number of hydrogen-bond acceptors (Lipinski definition) is 2. The Balaban J connectivity index is 2.02. The Bertz CT molecular complexity index is 444. The molecule has 1 fully saturated rings. The van der Waals surface area contributed by atoms with Crippen LogP contribution in [-0.2, 0) is 0 Å². The van der Waals surface area contributed by atoms with Crippen molar-refractivity contribution in [3.63, 3.8) is 0 Å². The Labute approximate surface area is 97.5 Å². The molecule has 0 spiro atoms. The van der Waals surface area contributed by atoms with Crippen molar-refractivity contribution in [1.29, 1.82) is 0 Å². The fraction of sp³-hybridized carbons (Fsp3) is 0.417. The number of amides is 1. The van der Waals surface area contributed by atoms with Gasteiger partial charge >= 0.3 is 0 Å². The molecule has 0 aliphatic heterocycles. The summed E-state index contributed by atoms with van der Waals surface area (Å²) in [7, 11) is 0. The Kier molecular flexibility index (Phi) is 3.11. The van der Waals surface area contributed by atoms with Crippen molar-refractivity contribution in [1.82, 2.24) is 5.32 Å². The Morgan fingerprint density at radius 1 is 1.41 bits per heavy atom. The zero-order valence-electron chi connectivity index (χ0n) is 9.17. The second-order valence-electron chi connectivity index (χ2n) is 4.36. The van der Waals surface area contributed by atoms with E-state index >= 15 is 0 Å². The molecule has 1 aromatic carbocycles. The van der Waals surface area contributed by atoms with Gasteiger partial charge in [0.1, 0.15) is 0 Å². The second kappa shape index (κ2) is 4.41. The van der Waals surface area contributed by atoms with Gasteiger partial charge in [-0.1, -0.05) is 6.07 Å². The average molecular weight is 241 g/mol. The Hall–Kier alpha value is -1.49. The fourth-order valence-corrected chi connectivity index (χ4v) is 1.78. The minimum atomic E-state index is -1.16. The molecule has 0 aromatic heterocycles. The minimum absolute atomic E-state index is 0.0712. The van der Waals surface area contributed by atoms with E-state index in [1.54, 1.807) is 0 Å². The van der Waals surface area contributed by atoms with Gasteiger partial charge in [0.05, 0.1) is 11.2 Å². The predicted molar refractivity (Wildman–Crippen MR) is 57.5 cm³/mol. The zero-order valence-corrected chi connectivity index (χ0v) is 9.17. The maximum absolute atomic E-state index is 13.3. The molecule has 5 heteroatoms. The topological polar surface area (TPSA) is 49.3 Å². The van der Waals surface area contributed by atoms with E-state index in [1.165, 1.54) is 12.1 Å². The highest BCUT2D eigenvalue weighted by Crippen LogP contribution is 2.30. The maximum Gasteiger partial charge on any atom is 0.254 e. The quantitative estimate of drug-likeness (QED) is 0.844. The normalized spacial score (nSPS) is 17.4. The molecule has 0 saturated heterocycles. The summed E-state index contributed by atoms with van der Waals surface area (Å²) in [5.41, 5.74) is -1.22. The number of carbonyl (C=O) groups excluding carboxylic acids is 1. The van der Waals surface area contributed by atoms with Crippen molar-refractivity contribution < 1.29 is 18.7 Å². The first-order chi connectivity index (χ1) is 8.02. The van der Waals surface area contributed by atoms with Gasteiger partial charge in [0.2, 0.25) is 0 Å². The fourth-order valence-electron chi connectivity index (χ4n) is 1.78. The van der Waals surface area contributed by atoms with Crippen LogP contribution in [0.15, 0.2) is 18.2 Å². The lowest BCUT2D eigenvalue weighted by atomic mass is 9.80. The lowest BCUT2D eigenvalue weighted by molar-refractivity contribution is -0.0300. The van der Waals surface area contributed by atoms with E-state index in [4.69, 9.17) is 0 Å². The first kappa shape index (κ1) is 12.0. The molecule has 1 saturated carbocycles. The first-order valence-electron chi connectivity index (χ1n) is 5.46. The van der Waals surface area contributed by atoms with Crippen molar-refractivity contribution in [2.24, 2.45) is 0 Å². The van der Waals surface area contributed by atoms with Crippen LogP contribution in [0.4, 0.5) is 8.78 Å². The highest BCUT2D eigenvalue weighted by Gasteiger charge is 2.34. The molecule has 3 nitrogen and oxygen atoms in total. The molecule has 0 bridgehead atoms. The third-order valence-corrected chi connectivity index (χ3v) is 3.06. The number of hydrogen-bond donors (Lipinski definition) is 2.